The van der Waals surface area contributed by atoms with E-state index in [9.17, 15) is 23.9 Å². The summed E-state index contributed by atoms with van der Waals surface area (Å²) in [5.41, 5.74) is 7.57. The topological polar surface area (TPSA) is 170 Å². The van der Waals surface area contributed by atoms with E-state index in [0.717, 1.165) is 11.6 Å². The predicted molar refractivity (Wildman–Crippen MR) is 184 cm³/mol. The number of anilines is 1. The summed E-state index contributed by atoms with van der Waals surface area (Å²) in [5, 5.41) is 16.3. The lowest BCUT2D eigenvalue weighted by molar-refractivity contribution is -0.140. The molecule has 258 valence electrons. The quantitative estimate of drug-likeness (QED) is 0.254. The summed E-state index contributed by atoms with van der Waals surface area (Å²) in [7, 11) is 0. The minimum atomic E-state index is -0.718. The molecule has 3 aromatic heterocycles. The third-order valence-corrected chi connectivity index (χ3v) is 9.01. The predicted octanol–water partition coefficient (Wildman–Crippen LogP) is 5.12. The molecule has 2 aliphatic rings. The van der Waals surface area contributed by atoms with Crippen LogP contribution in [0.1, 0.15) is 51.5 Å². The first kappa shape index (κ1) is 32.7. The van der Waals surface area contributed by atoms with Gasteiger partial charge in [0, 0.05) is 43.4 Å². The standard InChI is InChI=1S/C36H36FN7O6/c1-19(44-32-28(31(38)39-18-40-32)29(41-44)21-13-23(37)15-24(45)14-21)30-27(25-7-5-6-8-26(25)34(47)49-30)20-9-11-42(12-10-20)33(46)22-16-43(17-22)35(48)50-36(2,3)4/h5-9,13-15,18-19,22,45H,10-12,16-17H2,1-4H3,(H2,38,39,40). The third-order valence-electron chi connectivity index (χ3n) is 9.01. The van der Waals surface area contributed by atoms with E-state index in [4.69, 9.17) is 20.0 Å². The molecule has 1 unspecified atom stereocenters. The maximum Gasteiger partial charge on any atom is 0.410 e. The zero-order valence-electron chi connectivity index (χ0n) is 28.0. The van der Waals surface area contributed by atoms with Gasteiger partial charge in [-0.3, -0.25) is 4.79 Å². The molecule has 1 fully saturated rings. The van der Waals surface area contributed by atoms with E-state index < -0.39 is 29.2 Å². The van der Waals surface area contributed by atoms with E-state index in [1.165, 1.54) is 23.4 Å². The van der Waals surface area contributed by atoms with E-state index in [1.807, 2.05) is 18.2 Å². The van der Waals surface area contributed by atoms with Gasteiger partial charge in [-0.05, 0) is 63.3 Å². The number of likely N-dealkylation sites (tertiary alicyclic amines) is 1. The number of nitrogens with two attached hydrogens (primary N) is 1. The van der Waals surface area contributed by atoms with Gasteiger partial charge >= 0.3 is 11.7 Å². The van der Waals surface area contributed by atoms with Gasteiger partial charge in [-0.25, -0.2) is 28.6 Å². The van der Waals surface area contributed by atoms with Crippen LogP contribution in [-0.4, -0.2) is 78.4 Å². The second-order valence-electron chi connectivity index (χ2n) is 13.6. The number of carbonyl (C=O) groups excluding carboxylic acids is 2. The molecule has 0 radical (unpaired) electrons. The average molecular weight is 682 g/mol. The van der Waals surface area contributed by atoms with E-state index >= 15 is 0 Å². The van der Waals surface area contributed by atoms with Crippen LogP contribution in [0.5, 0.6) is 5.75 Å². The number of aromatic hydroxyl groups is 1. The fourth-order valence-electron chi connectivity index (χ4n) is 6.60. The largest absolute Gasteiger partial charge is 0.508 e. The number of aromatic nitrogens is 4. The van der Waals surface area contributed by atoms with Gasteiger partial charge in [-0.1, -0.05) is 24.3 Å². The van der Waals surface area contributed by atoms with E-state index in [2.05, 4.69) is 9.97 Å². The zero-order chi connectivity index (χ0) is 35.5. The molecule has 2 aromatic carbocycles. The Labute approximate surface area is 285 Å². The third kappa shape index (κ3) is 5.90. The highest BCUT2D eigenvalue weighted by atomic mass is 19.1. The number of phenolic OH excluding ortho intramolecular Hbond substituents is 1. The van der Waals surface area contributed by atoms with Crippen molar-refractivity contribution >= 4 is 45.2 Å². The highest BCUT2D eigenvalue weighted by Gasteiger charge is 2.40. The Morgan fingerprint density at radius 2 is 1.84 bits per heavy atom. The van der Waals surface area contributed by atoms with Crippen molar-refractivity contribution in [2.75, 3.05) is 31.9 Å². The Morgan fingerprint density at radius 3 is 2.52 bits per heavy atom. The number of rotatable bonds is 5. The molecule has 0 saturated carbocycles. The number of phenols is 1. The number of amides is 2. The fraction of sp³-hybridized carbons (Fsp3) is 0.333. The molecule has 14 heteroatoms. The number of halogens is 1. The molecule has 7 rings (SSSR count). The minimum absolute atomic E-state index is 0.0330. The molecular weight excluding hydrogens is 645 g/mol. The lowest BCUT2D eigenvalue weighted by atomic mass is 9.91. The Balaban J connectivity index is 1.24. The first-order valence-electron chi connectivity index (χ1n) is 16.3. The number of nitrogens with zero attached hydrogens (tertiary/aromatic N) is 6. The lowest BCUT2D eigenvalue weighted by Gasteiger charge is -2.41. The van der Waals surface area contributed by atoms with Crippen LogP contribution >= 0.6 is 0 Å². The van der Waals surface area contributed by atoms with Crippen LogP contribution in [0.15, 0.2) is 64.1 Å². The number of hydrogen-bond donors (Lipinski definition) is 2. The number of carbonyl (C=O) groups is 2. The first-order valence-corrected chi connectivity index (χ1v) is 16.3. The number of hydrogen-bond acceptors (Lipinski definition) is 10. The van der Waals surface area contributed by atoms with E-state index in [0.29, 0.717) is 65.7 Å². The number of ether oxygens (including phenoxy) is 1. The van der Waals surface area contributed by atoms with Gasteiger partial charge in [0.2, 0.25) is 5.91 Å². The van der Waals surface area contributed by atoms with Gasteiger partial charge in [0.15, 0.2) is 5.65 Å². The van der Waals surface area contributed by atoms with Crippen LogP contribution in [0.2, 0.25) is 0 Å². The molecule has 2 amide bonds. The van der Waals surface area contributed by atoms with Crippen LogP contribution < -0.4 is 11.4 Å². The number of benzene rings is 2. The van der Waals surface area contributed by atoms with Gasteiger partial charge in [-0.15, -0.1) is 0 Å². The molecule has 0 spiro atoms. The molecule has 2 aliphatic heterocycles. The molecule has 5 heterocycles. The molecule has 50 heavy (non-hydrogen) atoms. The zero-order valence-corrected chi connectivity index (χ0v) is 28.0. The molecule has 0 bridgehead atoms. The molecule has 1 atom stereocenters. The van der Waals surface area contributed by atoms with Crippen molar-refractivity contribution in [3.05, 3.63) is 82.4 Å². The van der Waals surface area contributed by atoms with Crippen molar-refractivity contribution in [2.24, 2.45) is 5.92 Å². The maximum absolute atomic E-state index is 14.4. The molecular formula is C36H36FN7O6. The summed E-state index contributed by atoms with van der Waals surface area (Å²) >= 11 is 0. The Bertz CT molecular complexity index is 2250. The Morgan fingerprint density at radius 1 is 1.10 bits per heavy atom. The van der Waals surface area contributed by atoms with E-state index in [-0.39, 0.29) is 34.6 Å². The van der Waals surface area contributed by atoms with Crippen LogP contribution in [0, 0.1) is 11.7 Å². The van der Waals surface area contributed by atoms with Crippen molar-refractivity contribution in [3.63, 3.8) is 0 Å². The van der Waals surface area contributed by atoms with Crippen LogP contribution in [0.3, 0.4) is 0 Å². The maximum atomic E-state index is 14.4. The summed E-state index contributed by atoms with van der Waals surface area (Å²) in [6.45, 7) is 8.58. The van der Waals surface area contributed by atoms with Gasteiger partial charge in [0.1, 0.15) is 46.8 Å². The summed E-state index contributed by atoms with van der Waals surface area (Å²) < 4.78 is 27.4. The van der Waals surface area contributed by atoms with Crippen molar-refractivity contribution in [1.82, 2.24) is 29.5 Å². The van der Waals surface area contributed by atoms with Crippen molar-refractivity contribution < 1.29 is 28.2 Å². The average Bonchev–Trinajstić information content (AvgIpc) is 3.44. The van der Waals surface area contributed by atoms with Crippen molar-refractivity contribution in [1.29, 1.82) is 0 Å². The van der Waals surface area contributed by atoms with Crippen LogP contribution in [0.4, 0.5) is 15.0 Å². The normalized spacial score (nSPS) is 16.0. The van der Waals surface area contributed by atoms with Crippen LogP contribution in [-0.2, 0) is 9.53 Å². The summed E-state index contributed by atoms with van der Waals surface area (Å²) in [6, 6.07) is 10.0. The van der Waals surface area contributed by atoms with Gasteiger partial charge < -0.3 is 29.8 Å². The smallest absolute Gasteiger partial charge is 0.410 e. The van der Waals surface area contributed by atoms with Crippen molar-refractivity contribution in [2.45, 2.75) is 45.8 Å². The number of nitrogen functional groups attached to an aromatic ring is 1. The number of fused-ring (bicyclic) bond motifs is 2. The summed E-state index contributed by atoms with van der Waals surface area (Å²) in [5.74, 6) is -0.865. The molecule has 0 aliphatic carbocycles. The lowest BCUT2D eigenvalue weighted by Crippen LogP contribution is -2.57. The molecule has 13 nitrogen and oxygen atoms in total. The summed E-state index contributed by atoms with van der Waals surface area (Å²) in [4.78, 5) is 51.0. The second-order valence-corrected chi connectivity index (χ2v) is 13.6. The second kappa shape index (κ2) is 12.3. The Kier molecular flexibility index (Phi) is 8.04. The van der Waals surface area contributed by atoms with E-state index in [1.54, 1.807) is 49.4 Å². The highest BCUT2D eigenvalue weighted by molar-refractivity contribution is 5.99. The first-order chi connectivity index (χ1) is 23.8. The van der Waals surface area contributed by atoms with Gasteiger partial charge in [-0.2, -0.15) is 5.10 Å². The van der Waals surface area contributed by atoms with Crippen molar-refractivity contribution in [3.8, 4) is 17.0 Å². The fourth-order valence-corrected chi connectivity index (χ4v) is 6.60. The molecule has 5 aromatic rings. The van der Waals surface area contributed by atoms with Gasteiger partial charge in [0.05, 0.1) is 16.7 Å². The minimum Gasteiger partial charge on any atom is -0.508 e. The summed E-state index contributed by atoms with van der Waals surface area (Å²) in [6.07, 6.45) is 3.30. The van der Waals surface area contributed by atoms with Crippen LogP contribution in [0.25, 0.3) is 38.6 Å². The Hall–Kier alpha value is -5.79. The van der Waals surface area contributed by atoms with Gasteiger partial charge in [0.25, 0.3) is 0 Å². The monoisotopic (exact) mass is 681 g/mol. The molecule has 3 N–H and O–H groups in total. The molecule has 1 saturated heterocycles. The highest BCUT2D eigenvalue weighted by Crippen LogP contribution is 2.39. The SMILES string of the molecule is CC(c1oc(=O)c2ccccc2c1C1=CCN(C(=O)C2CN(C(=O)OC(C)(C)C)C2)CC1)n1nc(-c2cc(O)cc(F)c2)c2c(N)ncnc21.